The van der Waals surface area contributed by atoms with Crippen LogP contribution in [0.3, 0.4) is 0 Å². The summed E-state index contributed by atoms with van der Waals surface area (Å²) in [6.07, 6.45) is 21.0. The molecular formula is C64H58N2O3. The highest BCUT2D eigenvalue weighted by atomic mass is 16.3. The highest BCUT2D eigenvalue weighted by molar-refractivity contribution is 6.14. The Morgan fingerprint density at radius 1 is 0.536 bits per heavy atom. The molecule has 0 fully saturated rings. The molecule has 5 aromatic carbocycles. The van der Waals surface area contributed by atoms with Gasteiger partial charge in [-0.1, -0.05) is 155 Å². The Morgan fingerprint density at radius 2 is 1.23 bits per heavy atom. The molecule has 3 aromatic heterocycles. The quantitative estimate of drug-likeness (QED) is 0.0852. The Morgan fingerprint density at radius 3 is 1.86 bits per heavy atom. The monoisotopic (exact) mass is 902 g/mol. The van der Waals surface area contributed by atoms with E-state index in [2.05, 4.69) is 180 Å². The van der Waals surface area contributed by atoms with E-state index in [-0.39, 0.29) is 0 Å². The largest absolute Gasteiger partial charge is 0.456 e. The number of fused-ring (bicyclic) bond motifs is 4. The highest BCUT2D eigenvalue weighted by Crippen LogP contribution is 2.48. The smallest absolute Gasteiger partial charge is 0.159 e. The predicted octanol–water partition coefficient (Wildman–Crippen LogP) is 18.9. The summed E-state index contributed by atoms with van der Waals surface area (Å²) in [6, 6.07) is 35.5. The molecule has 8 rings (SSSR count). The third kappa shape index (κ3) is 8.23. The third-order valence-electron chi connectivity index (χ3n) is 12.8. The number of furan rings is 3. The lowest BCUT2D eigenvalue weighted by Gasteiger charge is -2.30. The maximum Gasteiger partial charge on any atom is 0.159 e. The zero-order chi connectivity index (χ0) is 48.9. The van der Waals surface area contributed by atoms with Gasteiger partial charge in [0.1, 0.15) is 22.7 Å². The average molecular weight is 903 g/mol. The number of anilines is 4. The van der Waals surface area contributed by atoms with Crippen molar-refractivity contribution in [1.29, 1.82) is 0 Å². The topological polar surface area (TPSA) is 45.9 Å². The van der Waals surface area contributed by atoms with E-state index < -0.39 is 0 Å². The molecule has 0 spiro atoms. The number of benzene rings is 5. The predicted molar refractivity (Wildman–Crippen MR) is 297 cm³/mol. The minimum Gasteiger partial charge on any atom is -0.456 e. The van der Waals surface area contributed by atoms with E-state index in [1.165, 1.54) is 0 Å². The van der Waals surface area contributed by atoms with Gasteiger partial charge in [-0.15, -0.1) is 0 Å². The third-order valence-corrected chi connectivity index (χ3v) is 12.8. The van der Waals surface area contributed by atoms with Crippen molar-refractivity contribution in [2.24, 2.45) is 0 Å². The second-order valence-electron chi connectivity index (χ2n) is 16.6. The number of nitrogens with zero attached hydrogens (tertiary/aromatic N) is 2. The Bertz CT molecular complexity index is 3500. The van der Waals surface area contributed by atoms with Gasteiger partial charge < -0.3 is 23.1 Å². The molecule has 69 heavy (non-hydrogen) atoms. The second kappa shape index (κ2) is 20.1. The van der Waals surface area contributed by atoms with Crippen molar-refractivity contribution in [3.05, 3.63) is 259 Å². The van der Waals surface area contributed by atoms with E-state index >= 15 is 0 Å². The van der Waals surface area contributed by atoms with Crippen LogP contribution >= 0.6 is 0 Å². The summed E-state index contributed by atoms with van der Waals surface area (Å²) in [5, 5.41) is 2.91. The van der Waals surface area contributed by atoms with Crippen molar-refractivity contribution >= 4 is 84.7 Å². The molecule has 0 radical (unpaired) electrons. The molecule has 0 N–H and O–H groups in total. The number of allylic oxidation sites excluding steroid dienone is 11. The standard InChI is InChI=1S/C64H58N2O3/c1-13-29-44(15-3)49(17-5)61-41(10)42(11)63(68-61)55(21-9)66(46(16-4)30-14-2)57-40-59-60(52(20-8)51(57)19-7)54-38-37-48(39-58(54)67-59)65(47-33-26-23-27-34-47)56-36-28-35-53-43(12)62(69-64(53)56)50(18-6)45-31-24-22-25-32-45/h13-40H,1-4,7-8H2,5-6,9-12H3/b44-29+,46-30+,49-17-,50-18-,55-21+. The molecule has 3 heterocycles. The van der Waals surface area contributed by atoms with E-state index in [0.29, 0.717) is 16.9 Å². The zero-order valence-electron chi connectivity index (χ0n) is 40.5. The van der Waals surface area contributed by atoms with Crippen LogP contribution in [0.4, 0.5) is 22.7 Å². The fraction of sp³-hybridized carbons (Fsp3) is 0.0938. The van der Waals surface area contributed by atoms with Gasteiger partial charge in [-0.2, -0.15) is 0 Å². The van der Waals surface area contributed by atoms with Gasteiger partial charge in [-0.05, 0) is 106 Å². The van der Waals surface area contributed by atoms with Crippen molar-refractivity contribution in [1.82, 2.24) is 0 Å². The summed E-state index contributed by atoms with van der Waals surface area (Å²) in [4.78, 5) is 4.36. The van der Waals surface area contributed by atoms with E-state index in [1.54, 1.807) is 12.2 Å². The number of para-hydroxylation sites is 2. The molecule has 342 valence electrons. The molecule has 0 amide bonds. The van der Waals surface area contributed by atoms with Gasteiger partial charge in [0.05, 0.1) is 22.8 Å². The fourth-order valence-corrected chi connectivity index (χ4v) is 9.47. The first-order valence-electron chi connectivity index (χ1n) is 23.1. The van der Waals surface area contributed by atoms with Crippen LogP contribution < -0.4 is 9.80 Å². The average Bonchev–Trinajstić information content (AvgIpc) is 4.02. The summed E-state index contributed by atoms with van der Waals surface area (Å²) in [7, 11) is 0. The van der Waals surface area contributed by atoms with Crippen LogP contribution in [-0.2, 0) is 0 Å². The minimum absolute atomic E-state index is 0.675. The van der Waals surface area contributed by atoms with Crippen LogP contribution in [0.25, 0.3) is 61.9 Å². The first-order valence-corrected chi connectivity index (χ1v) is 23.1. The van der Waals surface area contributed by atoms with Crippen molar-refractivity contribution in [2.75, 3.05) is 9.80 Å². The van der Waals surface area contributed by atoms with Crippen molar-refractivity contribution in [3.63, 3.8) is 0 Å². The lowest BCUT2D eigenvalue weighted by molar-refractivity contribution is 0.534. The van der Waals surface area contributed by atoms with Gasteiger partial charge in [-0.3, -0.25) is 0 Å². The molecule has 0 unspecified atom stereocenters. The van der Waals surface area contributed by atoms with Gasteiger partial charge in [0.2, 0.25) is 0 Å². The molecular weight excluding hydrogens is 845 g/mol. The van der Waals surface area contributed by atoms with E-state index in [0.717, 1.165) is 118 Å². The van der Waals surface area contributed by atoms with Gasteiger partial charge in [0.15, 0.2) is 11.3 Å². The van der Waals surface area contributed by atoms with E-state index in [1.807, 2.05) is 68.5 Å². The Hall–Kier alpha value is -8.54. The lowest BCUT2D eigenvalue weighted by atomic mass is 9.96. The molecule has 0 aliphatic carbocycles. The maximum atomic E-state index is 6.99. The molecule has 0 aliphatic heterocycles. The molecule has 0 bridgehead atoms. The summed E-state index contributed by atoms with van der Waals surface area (Å²) < 4.78 is 20.9. The lowest BCUT2D eigenvalue weighted by Crippen LogP contribution is -2.21. The van der Waals surface area contributed by atoms with E-state index in [4.69, 9.17) is 13.3 Å². The van der Waals surface area contributed by atoms with Crippen LogP contribution in [-0.4, -0.2) is 0 Å². The van der Waals surface area contributed by atoms with Crippen LogP contribution in [0.2, 0.25) is 0 Å². The van der Waals surface area contributed by atoms with Crippen LogP contribution in [0, 0.1) is 20.8 Å². The normalized spacial score (nSPS) is 12.7. The molecule has 5 heteroatoms. The molecule has 0 saturated carbocycles. The van der Waals surface area contributed by atoms with Crippen LogP contribution in [0.5, 0.6) is 0 Å². The van der Waals surface area contributed by atoms with Crippen molar-refractivity contribution in [3.8, 4) is 0 Å². The summed E-state index contributed by atoms with van der Waals surface area (Å²) in [5.41, 5.74) is 16.1. The summed E-state index contributed by atoms with van der Waals surface area (Å²) in [6.45, 7) is 37.4. The fourth-order valence-electron chi connectivity index (χ4n) is 9.47. The van der Waals surface area contributed by atoms with Crippen molar-refractivity contribution in [2.45, 2.75) is 41.5 Å². The Kier molecular flexibility index (Phi) is 13.7. The Labute approximate surface area is 406 Å². The summed E-state index contributed by atoms with van der Waals surface area (Å²) >= 11 is 0. The molecule has 0 atom stereocenters. The van der Waals surface area contributed by atoms with Gasteiger partial charge in [0, 0.05) is 67.5 Å². The molecule has 0 saturated heterocycles. The number of rotatable bonds is 17. The first-order chi connectivity index (χ1) is 33.6. The van der Waals surface area contributed by atoms with E-state index in [9.17, 15) is 0 Å². The van der Waals surface area contributed by atoms with Crippen LogP contribution in [0.1, 0.15) is 71.4 Å². The first kappa shape index (κ1) is 47.0. The van der Waals surface area contributed by atoms with Crippen molar-refractivity contribution < 1.29 is 13.3 Å². The zero-order valence-corrected chi connectivity index (χ0v) is 40.5. The summed E-state index contributed by atoms with van der Waals surface area (Å²) in [5.74, 6) is 2.30. The second-order valence-corrected chi connectivity index (χ2v) is 16.6. The maximum absolute atomic E-state index is 6.99. The van der Waals surface area contributed by atoms with Gasteiger partial charge >= 0.3 is 0 Å². The van der Waals surface area contributed by atoms with Crippen LogP contribution in [0.15, 0.2) is 222 Å². The SMILES string of the molecule is C=C/C=C(C=C)/C(=C/C)c1oc(/C(=C\C)N(/C(C=C)=C/C=C)c2cc3oc4cc(N(c5ccccc5)c5cccc6c(C)c(/C(=C\C)c7ccccc7)oc56)ccc4c3c(C=C)c2C=C)c(C)c1C. The number of hydrogen-bond acceptors (Lipinski definition) is 5. The minimum atomic E-state index is 0.675. The number of aryl methyl sites for hydroxylation is 1. The number of hydrogen-bond donors (Lipinski definition) is 0. The molecule has 8 aromatic rings. The molecule has 5 nitrogen and oxygen atoms in total. The highest BCUT2D eigenvalue weighted by Gasteiger charge is 2.29. The molecule has 0 aliphatic rings. The Balaban J connectivity index is 1.33. The van der Waals surface area contributed by atoms with Gasteiger partial charge in [-0.25, -0.2) is 0 Å². The van der Waals surface area contributed by atoms with Gasteiger partial charge in [0.25, 0.3) is 0 Å².